The van der Waals surface area contributed by atoms with Crippen LogP contribution >= 0.6 is 0 Å². The lowest BCUT2D eigenvalue weighted by molar-refractivity contribution is -0.148. The lowest BCUT2D eigenvalue weighted by atomic mass is 9.83. The van der Waals surface area contributed by atoms with Crippen molar-refractivity contribution < 1.29 is 14.3 Å². The number of aromatic nitrogens is 1. The summed E-state index contributed by atoms with van der Waals surface area (Å²) in [6, 6.07) is 5.84. The quantitative estimate of drug-likeness (QED) is 0.918. The molecular formula is C15H17NO3. The zero-order valence-electron chi connectivity index (χ0n) is 11.0. The predicted molar refractivity (Wildman–Crippen MR) is 71.0 cm³/mol. The molecule has 0 unspecified atom stereocenters. The van der Waals surface area contributed by atoms with Gasteiger partial charge in [-0.05, 0) is 37.5 Å². The van der Waals surface area contributed by atoms with Crippen LogP contribution in [-0.4, -0.2) is 16.1 Å². The summed E-state index contributed by atoms with van der Waals surface area (Å²) < 4.78 is 5.71. The van der Waals surface area contributed by atoms with Gasteiger partial charge in [0.1, 0.15) is 5.52 Å². The van der Waals surface area contributed by atoms with E-state index in [2.05, 4.69) is 4.98 Å². The highest BCUT2D eigenvalue weighted by Gasteiger charge is 2.42. The van der Waals surface area contributed by atoms with E-state index in [0.717, 1.165) is 42.3 Å². The average molecular weight is 259 g/mol. The number of hydrogen-bond acceptors (Lipinski definition) is 3. The van der Waals surface area contributed by atoms with Crippen LogP contribution in [0.4, 0.5) is 0 Å². The highest BCUT2D eigenvalue weighted by molar-refractivity contribution is 5.76. The first-order valence-corrected chi connectivity index (χ1v) is 6.69. The molecule has 0 bridgehead atoms. The maximum absolute atomic E-state index is 11.5. The number of nitrogens with zero attached hydrogens (tertiary/aromatic N) is 1. The Kier molecular flexibility index (Phi) is 2.81. The molecule has 0 saturated heterocycles. The molecule has 2 aromatic rings. The van der Waals surface area contributed by atoms with Crippen LogP contribution < -0.4 is 0 Å². The fourth-order valence-electron chi connectivity index (χ4n) is 2.96. The molecule has 1 saturated carbocycles. The number of rotatable bonds is 3. The van der Waals surface area contributed by atoms with Gasteiger partial charge in [-0.25, -0.2) is 4.98 Å². The second-order valence-electron chi connectivity index (χ2n) is 5.55. The van der Waals surface area contributed by atoms with E-state index >= 15 is 0 Å². The van der Waals surface area contributed by atoms with Gasteiger partial charge in [0.2, 0.25) is 0 Å². The first kappa shape index (κ1) is 12.2. The Morgan fingerprint density at radius 1 is 1.42 bits per heavy atom. The minimum absolute atomic E-state index is 0.399. The van der Waals surface area contributed by atoms with Crippen molar-refractivity contribution in [2.24, 2.45) is 5.41 Å². The molecule has 0 aliphatic heterocycles. The van der Waals surface area contributed by atoms with Gasteiger partial charge in [-0.2, -0.15) is 0 Å². The summed E-state index contributed by atoms with van der Waals surface area (Å²) in [7, 11) is 0. The van der Waals surface area contributed by atoms with Gasteiger partial charge in [0.25, 0.3) is 0 Å². The number of aliphatic carboxylic acids is 1. The van der Waals surface area contributed by atoms with E-state index < -0.39 is 11.4 Å². The van der Waals surface area contributed by atoms with Crippen molar-refractivity contribution in [2.45, 2.75) is 39.0 Å². The van der Waals surface area contributed by atoms with E-state index in [1.165, 1.54) is 0 Å². The lowest BCUT2D eigenvalue weighted by Crippen LogP contribution is -2.30. The fourth-order valence-corrected chi connectivity index (χ4v) is 2.96. The third-order valence-corrected chi connectivity index (χ3v) is 4.09. The summed E-state index contributed by atoms with van der Waals surface area (Å²) in [5, 5.41) is 9.47. The molecule has 3 rings (SSSR count). The number of benzene rings is 1. The number of carboxylic acid groups (broad SMARTS) is 1. The van der Waals surface area contributed by atoms with Gasteiger partial charge in [-0.15, -0.1) is 0 Å². The van der Waals surface area contributed by atoms with Crippen molar-refractivity contribution in [2.75, 3.05) is 0 Å². The van der Waals surface area contributed by atoms with E-state index in [0.29, 0.717) is 12.3 Å². The van der Waals surface area contributed by atoms with Crippen molar-refractivity contribution in [3.63, 3.8) is 0 Å². The molecule has 1 heterocycles. The van der Waals surface area contributed by atoms with Gasteiger partial charge < -0.3 is 9.52 Å². The van der Waals surface area contributed by atoms with Gasteiger partial charge in [-0.3, -0.25) is 4.79 Å². The summed E-state index contributed by atoms with van der Waals surface area (Å²) in [5.41, 5.74) is 1.99. The summed E-state index contributed by atoms with van der Waals surface area (Å²) in [6.07, 6.45) is 3.80. The Morgan fingerprint density at radius 2 is 2.16 bits per heavy atom. The molecule has 4 nitrogen and oxygen atoms in total. The summed E-state index contributed by atoms with van der Waals surface area (Å²) in [4.78, 5) is 15.9. The van der Waals surface area contributed by atoms with Gasteiger partial charge in [-0.1, -0.05) is 18.9 Å². The molecular weight excluding hydrogens is 242 g/mol. The average Bonchev–Trinajstić information content (AvgIpc) is 2.96. The monoisotopic (exact) mass is 259 g/mol. The van der Waals surface area contributed by atoms with Crippen LogP contribution in [0.5, 0.6) is 0 Å². The number of carbonyl (C=O) groups is 1. The number of carboxylic acids is 1. The van der Waals surface area contributed by atoms with E-state index in [1.54, 1.807) is 0 Å². The minimum Gasteiger partial charge on any atom is -0.481 e. The highest BCUT2D eigenvalue weighted by Crippen LogP contribution is 2.41. The molecule has 0 radical (unpaired) electrons. The second kappa shape index (κ2) is 4.37. The molecule has 100 valence electrons. The number of fused-ring (bicyclic) bond motifs is 1. The molecule has 1 aromatic carbocycles. The largest absolute Gasteiger partial charge is 0.481 e. The van der Waals surface area contributed by atoms with E-state index in [9.17, 15) is 9.90 Å². The van der Waals surface area contributed by atoms with E-state index in [4.69, 9.17) is 4.42 Å². The fraction of sp³-hybridized carbons (Fsp3) is 0.467. The summed E-state index contributed by atoms with van der Waals surface area (Å²) in [6.45, 7) is 2.00. The van der Waals surface area contributed by atoms with Crippen molar-refractivity contribution in [1.29, 1.82) is 0 Å². The predicted octanol–water partition coefficient (Wildman–Crippen LogP) is 3.32. The molecule has 0 amide bonds. The molecule has 1 fully saturated rings. The summed E-state index contributed by atoms with van der Waals surface area (Å²) in [5.74, 6) is -0.173. The molecule has 19 heavy (non-hydrogen) atoms. The van der Waals surface area contributed by atoms with Gasteiger partial charge >= 0.3 is 5.97 Å². The van der Waals surface area contributed by atoms with Crippen LogP contribution in [-0.2, 0) is 11.2 Å². The Bertz CT molecular complexity index is 623. The van der Waals surface area contributed by atoms with Crippen LogP contribution in [0.3, 0.4) is 0 Å². The number of oxazole rings is 1. The first-order valence-electron chi connectivity index (χ1n) is 6.69. The van der Waals surface area contributed by atoms with Crippen LogP contribution in [0.15, 0.2) is 22.6 Å². The standard InChI is InChI=1S/C15H17NO3/c1-10-4-5-11-12(8-10)19-13(16-11)9-15(14(17)18)6-2-3-7-15/h4-5,8H,2-3,6-7,9H2,1H3,(H,17,18). The maximum Gasteiger partial charge on any atom is 0.310 e. The van der Waals surface area contributed by atoms with Crippen LogP contribution in [0.25, 0.3) is 11.1 Å². The van der Waals surface area contributed by atoms with Crippen LogP contribution in [0.1, 0.15) is 37.1 Å². The Labute approximate surface area is 111 Å². The first-order chi connectivity index (χ1) is 9.09. The smallest absolute Gasteiger partial charge is 0.310 e. The molecule has 1 aliphatic rings. The third kappa shape index (κ3) is 2.11. The molecule has 1 N–H and O–H groups in total. The van der Waals surface area contributed by atoms with Crippen molar-refractivity contribution in [1.82, 2.24) is 4.98 Å². The molecule has 1 aliphatic carbocycles. The van der Waals surface area contributed by atoms with Gasteiger partial charge in [0.15, 0.2) is 11.5 Å². The van der Waals surface area contributed by atoms with Crippen molar-refractivity contribution >= 4 is 17.1 Å². The highest BCUT2D eigenvalue weighted by atomic mass is 16.4. The topological polar surface area (TPSA) is 63.3 Å². The minimum atomic E-state index is -0.719. The molecule has 0 spiro atoms. The Balaban J connectivity index is 1.94. The number of hydrogen-bond donors (Lipinski definition) is 1. The lowest BCUT2D eigenvalue weighted by Gasteiger charge is -2.21. The molecule has 4 heteroatoms. The summed E-state index contributed by atoms with van der Waals surface area (Å²) >= 11 is 0. The van der Waals surface area contributed by atoms with Crippen molar-refractivity contribution in [3.8, 4) is 0 Å². The van der Waals surface area contributed by atoms with Gasteiger partial charge in [0, 0.05) is 6.42 Å². The van der Waals surface area contributed by atoms with E-state index in [1.807, 2.05) is 25.1 Å². The van der Waals surface area contributed by atoms with Crippen LogP contribution in [0.2, 0.25) is 0 Å². The molecule has 0 atom stereocenters. The third-order valence-electron chi connectivity index (χ3n) is 4.09. The molecule has 1 aromatic heterocycles. The second-order valence-corrected chi connectivity index (χ2v) is 5.55. The Hall–Kier alpha value is -1.84. The normalized spacial score (nSPS) is 17.9. The zero-order chi connectivity index (χ0) is 13.5. The number of aryl methyl sites for hydroxylation is 1. The maximum atomic E-state index is 11.5. The van der Waals surface area contributed by atoms with Crippen LogP contribution in [0, 0.1) is 12.3 Å². The Morgan fingerprint density at radius 3 is 2.84 bits per heavy atom. The van der Waals surface area contributed by atoms with Gasteiger partial charge in [0.05, 0.1) is 5.41 Å². The van der Waals surface area contributed by atoms with Crippen molar-refractivity contribution in [3.05, 3.63) is 29.7 Å². The zero-order valence-corrected chi connectivity index (χ0v) is 11.0. The SMILES string of the molecule is Cc1ccc2nc(CC3(C(=O)O)CCCC3)oc2c1. The van der Waals surface area contributed by atoms with E-state index in [-0.39, 0.29) is 0 Å².